The van der Waals surface area contributed by atoms with Gasteiger partial charge in [-0.1, -0.05) is 38.5 Å². The lowest BCUT2D eigenvalue weighted by atomic mass is 9.69. The number of carbonyl (C=O) groups is 3. The third-order valence-electron chi connectivity index (χ3n) is 6.61. The molecule has 0 bridgehead atoms. The number of esters is 2. The zero-order valence-corrected chi connectivity index (χ0v) is 21.8. The molecule has 1 N–H and O–H groups in total. The molecule has 1 aliphatic carbocycles. The molecule has 1 aromatic carbocycles. The van der Waals surface area contributed by atoms with Crippen molar-refractivity contribution >= 4 is 17.7 Å². The number of carbonyl (C=O) groups excluding carboxylic acids is 3. The summed E-state index contributed by atoms with van der Waals surface area (Å²) in [4.78, 5) is 39.9. The van der Waals surface area contributed by atoms with Crippen LogP contribution in [-0.4, -0.2) is 51.3 Å². The monoisotopic (exact) mass is 499 g/mol. The summed E-state index contributed by atoms with van der Waals surface area (Å²) in [6.07, 6.45) is 2.31. The van der Waals surface area contributed by atoms with Crippen molar-refractivity contribution in [1.29, 1.82) is 0 Å². The second-order valence-corrected chi connectivity index (χ2v) is 9.11. The van der Waals surface area contributed by atoms with Gasteiger partial charge in [0, 0.05) is 29.1 Å². The summed E-state index contributed by atoms with van der Waals surface area (Å²) in [5.41, 5.74) is 2.72. The molecule has 3 atom stereocenters. The van der Waals surface area contributed by atoms with Crippen LogP contribution in [0.3, 0.4) is 0 Å². The molecule has 8 nitrogen and oxygen atoms in total. The van der Waals surface area contributed by atoms with Crippen LogP contribution in [0.2, 0.25) is 0 Å². The number of methoxy groups -OCH3 is 1. The molecule has 8 heteroatoms. The number of benzene rings is 1. The van der Waals surface area contributed by atoms with E-state index in [4.69, 9.17) is 18.9 Å². The van der Waals surface area contributed by atoms with Crippen molar-refractivity contribution in [2.75, 3.05) is 33.5 Å². The summed E-state index contributed by atoms with van der Waals surface area (Å²) >= 11 is 0. The van der Waals surface area contributed by atoms with Gasteiger partial charge in [-0.3, -0.25) is 9.59 Å². The van der Waals surface area contributed by atoms with E-state index in [1.54, 1.807) is 6.92 Å². The van der Waals surface area contributed by atoms with Crippen LogP contribution < -0.4 is 10.1 Å². The van der Waals surface area contributed by atoms with Gasteiger partial charge in [0.15, 0.2) is 5.78 Å². The van der Waals surface area contributed by atoms with Gasteiger partial charge in [-0.15, -0.1) is 0 Å². The van der Waals surface area contributed by atoms with Crippen LogP contribution in [0.1, 0.15) is 58.4 Å². The van der Waals surface area contributed by atoms with Crippen LogP contribution in [0.15, 0.2) is 46.8 Å². The zero-order valence-electron chi connectivity index (χ0n) is 21.8. The van der Waals surface area contributed by atoms with E-state index in [0.29, 0.717) is 53.5 Å². The number of hydrogen-bond acceptors (Lipinski definition) is 8. The molecule has 0 unspecified atom stereocenters. The van der Waals surface area contributed by atoms with Crippen LogP contribution in [-0.2, 0) is 28.6 Å². The molecule has 196 valence electrons. The topological polar surface area (TPSA) is 100 Å². The van der Waals surface area contributed by atoms with Crippen molar-refractivity contribution in [2.24, 2.45) is 11.8 Å². The number of dihydropyridines is 1. The average Bonchev–Trinajstić information content (AvgIpc) is 2.86. The van der Waals surface area contributed by atoms with Gasteiger partial charge in [0.25, 0.3) is 0 Å². The fourth-order valence-corrected chi connectivity index (χ4v) is 4.85. The van der Waals surface area contributed by atoms with Gasteiger partial charge >= 0.3 is 11.9 Å². The van der Waals surface area contributed by atoms with Gasteiger partial charge < -0.3 is 24.3 Å². The summed E-state index contributed by atoms with van der Waals surface area (Å²) in [5, 5.41) is 3.27. The Labute approximate surface area is 213 Å². The lowest BCUT2D eigenvalue weighted by Gasteiger charge is -2.38. The molecule has 0 spiro atoms. The number of allylic oxidation sites excluding steroid dienone is 3. The van der Waals surface area contributed by atoms with Crippen LogP contribution in [0, 0.1) is 11.8 Å². The summed E-state index contributed by atoms with van der Waals surface area (Å²) in [7, 11) is 1.28. The Morgan fingerprint density at radius 2 is 1.86 bits per heavy atom. The Hall–Kier alpha value is -3.13. The summed E-state index contributed by atoms with van der Waals surface area (Å²) in [6, 6.07) is 7.42. The Kier molecular flexibility index (Phi) is 9.70. The highest BCUT2D eigenvalue weighted by atomic mass is 16.6. The Balaban J connectivity index is 2.11. The smallest absolute Gasteiger partial charge is 0.336 e. The van der Waals surface area contributed by atoms with Crippen molar-refractivity contribution < 1.29 is 33.3 Å². The third kappa shape index (κ3) is 5.81. The van der Waals surface area contributed by atoms with E-state index in [0.717, 1.165) is 12.8 Å². The summed E-state index contributed by atoms with van der Waals surface area (Å²) < 4.78 is 21.9. The molecular weight excluding hydrogens is 462 g/mol. The second-order valence-electron chi connectivity index (χ2n) is 9.11. The van der Waals surface area contributed by atoms with Crippen LogP contribution in [0.25, 0.3) is 0 Å². The maximum Gasteiger partial charge on any atom is 0.336 e. The quantitative estimate of drug-likeness (QED) is 0.276. The van der Waals surface area contributed by atoms with Gasteiger partial charge in [0.05, 0.1) is 31.8 Å². The highest BCUT2D eigenvalue weighted by molar-refractivity contribution is 6.12. The molecule has 1 aliphatic heterocycles. The second kappa shape index (κ2) is 12.7. The highest BCUT2D eigenvalue weighted by Gasteiger charge is 2.47. The van der Waals surface area contributed by atoms with Crippen molar-refractivity contribution in [2.45, 2.75) is 52.9 Å². The number of para-hydroxylation sites is 1. The Bertz CT molecular complexity index is 1040. The first-order valence-corrected chi connectivity index (χ1v) is 12.6. The molecule has 0 amide bonds. The van der Waals surface area contributed by atoms with Gasteiger partial charge in [-0.25, -0.2) is 4.79 Å². The largest absolute Gasteiger partial charge is 0.493 e. The van der Waals surface area contributed by atoms with Crippen molar-refractivity contribution in [3.63, 3.8) is 0 Å². The van der Waals surface area contributed by atoms with E-state index in [9.17, 15) is 14.4 Å². The van der Waals surface area contributed by atoms with E-state index in [2.05, 4.69) is 12.2 Å². The molecule has 2 aliphatic rings. The first-order valence-electron chi connectivity index (χ1n) is 12.6. The van der Waals surface area contributed by atoms with Crippen LogP contribution in [0.5, 0.6) is 5.75 Å². The molecule has 0 fully saturated rings. The minimum atomic E-state index is -0.945. The normalized spacial score (nSPS) is 21.6. The predicted octanol–water partition coefficient (Wildman–Crippen LogP) is 4.06. The van der Waals surface area contributed by atoms with Gasteiger partial charge in [-0.05, 0) is 38.7 Å². The lowest BCUT2D eigenvalue weighted by molar-refractivity contribution is -0.151. The lowest BCUT2D eigenvalue weighted by Crippen LogP contribution is -2.43. The van der Waals surface area contributed by atoms with Gasteiger partial charge in [0.1, 0.15) is 18.3 Å². The van der Waals surface area contributed by atoms with Crippen molar-refractivity contribution in [1.82, 2.24) is 5.32 Å². The Morgan fingerprint density at radius 3 is 2.56 bits per heavy atom. The fourth-order valence-electron chi connectivity index (χ4n) is 4.85. The molecule has 1 aromatic rings. The maximum absolute atomic E-state index is 13.9. The van der Waals surface area contributed by atoms with Crippen molar-refractivity contribution in [3.05, 3.63) is 52.4 Å². The molecule has 0 aromatic heterocycles. The number of unbranched alkanes of at least 4 members (excludes halogenated alkanes) is 1. The maximum atomic E-state index is 13.9. The molecular formula is C28H37NO7. The number of ether oxygens (including phenoxy) is 4. The standard InChI is InChI=1S/C28H37NO7/c1-6-8-13-35-21-12-10-9-11-19(21)24-23(28(32)36-15-14-34-7-2)18(4)29-20-16-17(3)22(27(31)33-5)26(30)25(20)24/h9-12,17,22,24,29H,6-8,13-16H2,1-5H3/t17-,22-,24-/m0/s1. The fraction of sp³-hybridized carbons (Fsp3) is 0.536. The minimum absolute atomic E-state index is 0.0898. The third-order valence-corrected chi connectivity index (χ3v) is 6.61. The summed E-state index contributed by atoms with van der Waals surface area (Å²) in [5.74, 6) is -2.80. The molecule has 3 rings (SSSR count). The van der Waals surface area contributed by atoms with Crippen LogP contribution >= 0.6 is 0 Å². The molecule has 0 saturated heterocycles. The highest BCUT2D eigenvalue weighted by Crippen LogP contribution is 2.47. The SMILES string of the molecule is CCCCOc1ccccc1[C@H]1C(C(=O)OCCOCC)=C(C)NC2=C1C(=O)[C@@H](C(=O)OC)[C@@H](C)C2. The molecule has 0 radical (unpaired) electrons. The Morgan fingerprint density at radius 1 is 1.11 bits per heavy atom. The predicted molar refractivity (Wildman–Crippen MR) is 134 cm³/mol. The number of Topliss-reactive ketones (excluding diaryl/α,β-unsaturated/α-hetero) is 1. The average molecular weight is 500 g/mol. The van der Waals surface area contributed by atoms with E-state index in [1.807, 2.05) is 38.1 Å². The van der Waals surface area contributed by atoms with Gasteiger partial charge in [-0.2, -0.15) is 0 Å². The van der Waals surface area contributed by atoms with Gasteiger partial charge in [0.2, 0.25) is 0 Å². The zero-order chi connectivity index (χ0) is 26.2. The van der Waals surface area contributed by atoms with E-state index in [-0.39, 0.29) is 24.9 Å². The number of hydrogen-bond donors (Lipinski definition) is 1. The molecule has 1 heterocycles. The van der Waals surface area contributed by atoms with E-state index < -0.39 is 23.8 Å². The van der Waals surface area contributed by atoms with E-state index >= 15 is 0 Å². The van der Waals surface area contributed by atoms with Crippen molar-refractivity contribution in [3.8, 4) is 5.75 Å². The van der Waals surface area contributed by atoms with Crippen LogP contribution in [0.4, 0.5) is 0 Å². The first kappa shape index (κ1) is 27.5. The summed E-state index contributed by atoms with van der Waals surface area (Å²) in [6.45, 7) is 9.00. The molecule has 0 saturated carbocycles. The van der Waals surface area contributed by atoms with E-state index in [1.165, 1.54) is 7.11 Å². The first-order chi connectivity index (χ1) is 17.3. The number of ketones is 1. The number of rotatable bonds is 11. The minimum Gasteiger partial charge on any atom is -0.493 e. The molecule has 36 heavy (non-hydrogen) atoms. The number of nitrogens with one attached hydrogen (secondary N) is 1.